The van der Waals surface area contributed by atoms with Gasteiger partial charge in [-0.2, -0.15) is 0 Å². The zero-order valence-corrected chi connectivity index (χ0v) is 12.3. The largest absolute Gasteiger partial charge is 0.496 e. The highest BCUT2D eigenvalue weighted by molar-refractivity contribution is 9.10. The minimum absolute atomic E-state index is 0.433. The summed E-state index contributed by atoms with van der Waals surface area (Å²) in [6.07, 6.45) is 3.50. The highest BCUT2D eigenvalue weighted by Gasteiger charge is 2.03. The lowest BCUT2D eigenvalue weighted by Gasteiger charge is -2.10. The summed E-state index contributed by atoms with van der Waals surface area (Å²) in [7, 11) is 3.22. The lowest BCUT2D eigenvalue weighted by Crippen LogP contribution is -1.97. The van der Waals surface area contributed by atoms with Gasteiger partial charge in [-0.1, -0.05) is 0 Å². The first-order valence-corrected chi connectivity index (χ1v) is 6.46. The first-order valence-electron chi connectivity index (χ1n) is 5.66. The van der Waals surface area contributed by atoms with E-state index in [2.05, 4.69) is 20.9 Å². The highest BCUT2D eigenvalue weighted by Crippen LogP contribution is 2.28. The third-order valence-electron chi connectivity index (χ3n) is 2.49. The molecule has 0 aliphatic rings. The molecule has 4 nitrogen and oxygen atoms in total. The van der Waals surface area contributed by atoms with Crippen molar-refractivity contribution in [2.24, 2.45) is 0 Å². The number of pyridine rings is 1. The first-order chi connectivity index (χ1) is 9.21. The number of aromatic nitrogens is 1. The molecule has 0 atom stereocenters. The molecule has 0 spiro atoms. The van der Waals surface area contributed by atoms with E-state index < -0.39 is 0 Å². The second-order valence-corrected chi connectivity index (χ2v) is 4.76. The van der Waals surface area contributed by atoms with Gasteiger partial charge in [0.1, 0.15) is 23.9 Å². The maximum absolute atomic E-state index is 5.71. The van der Waals surface area contributed by atoms with Crippen LogP contribution in [0.5, 0.6) is 17.2 Å². The Bertz CT molecular complexity index is 538. The zero-order valence-electron chi connectivity index (χ0n) is 10.7. The van der Waals surface area contributed by atoms with Gasteiger partial charge in [0.2, 0.25) is 0 Å². The van der Waals surface area contributed by atoms with Crippen LogP contribution >= 0.6 is 15.9 Å². The van der Waals surface area contributed by atoms with Crippen molar-refractivity contribution in [1.29, 1.82) is 0 Å². The molecule has 1 aromatic carbocycles. The van der Waals surface area contributed by atoms with Crippen molar-refractivity contribution in [3.8, 4) is 17.2 Å². The van der Waals surface area contributed by atoms with Crippen LogP contribution in [0, 0.1) is 0 Å². The van der Waals surface area contributed by atoms with Crippen molar-refractivity contribution >= 4 is 15.9 Å². The van der Waals surface area contributed by atoms with Gasteiger partial charge in [-0.3, -0.25) is 4.98 Å². The fourth-order valence-corrected chi connectivity index (χ4v) is 1.98. The Kier molecular flexibility index (Phi) is 4.63. The Morgan fingerprint density at radius 1 is 0.947 bits per heavy atom. The summed E-state index contributed by atoms with van der Waals surface area (Å²) >= 11 is 3.38. The molecule has 1 aromatic heterocycles. The van der Waals surface area contributed by atoms with Crippen molar-refractivity contribution in [3.05, 3.63) is 46.7 Å². The van der Waals surface area contributed by atoms with E-state index in [0.29, 0.717) is 23.9 Å². The quantitative estimate of drug-likeness (QED) is 0.845. The van der Waals surface area contributed by atoms with Gasteiger partial charge < -0.3 is 14.2 Å². The van der Waals surface area contributed by atoms with Crippen LogP contribution in [-0.2, 0) is 6.61 Å². The lowest BCUT2D eigenvalue weighted by molar-refractivity contribution is 0.300. The van der Waals surface area contributed by atoms with Crippen molar-refractivity contribution < 1.29 is 14.2 Å². The number of hydrogen-bond donors (Lipinski definition) is 0. The second kappa shape index (κ2) is 6.43. The van der Waals surface area contributed by atoms with Crippen LogP contribution in [-0.4, -0.2) is 19.2 Å². The third-order valence-corrected chi connectivity index (χ3v) is 2.93. The Hall–Kier alpha value is -1.75. The van der Waals surface area contributed by atoms with Crippen LogP contribution in [0.15, 0.2) is 41.1 Å². The Labute approximate surface area is 120 Å². The molecular weight excluding hydrogens is 310 g/mol. The van der Waals surface area contributed by atoms with E-state index in [0.717, 1.165) is 10.0 Å². The summed E-state index contributed by atoms with van der Waals surface area (Å²) in [6.45, 7) is 0.433. The standard InChI is InChI=1S/C14H14BrNO3/c1-17-12-4-13(18-2)6-14(5-12)19-9-10-3-11(15)8-16-7-10/h3-8H,9H2,1-2H3. The van der Waals surface area contributed by atoms with Gasteiger partial charge in [0.05, 0.1) is 14.2 Å². The van der Waals surface area contributed by atoms with E-state index in [4.69, 9.17) is 14.2 Å². The monoisotopic (exact) mass is 323 g/mol. The Morgan fingerprint density at radius 3 is 2.16 bits per heavy atom. The predicted molar refractivity (Wildman–Crippen MR) is 75.8 cm³/mol. The fourth-order valence-electron chi connectivity index (χ4n) is 1.57. The molecule has 2 rings (SSSR count). The van der Waals surface area contributed by atoms with Crippen LogP contribution in [0.4, 0.5) is 0 Å². The van der Waals surface area contributed by atoms with Crippen LogP contribution < -0.4 is 14.2 Å². The molecule has 1 heterocycles. The van der Waals surface area contributed by atoms with Crippen LogP contribution in [0.25, 0.3) is 0 Å². The van der Waals surface area contributed by atoms with Crippen molar-refractivity contribution in [3.63, 3.8) is 0 Å². The van der Waals surface area contributed by atoms with E-state index in [1.165, 1.54) is 0 Å². The molecule has 0 saturated heterocycles. The van der Waals surface area contributed by atoms with Gasteiger partial charge in [-0.25, -0.2) is 0 Å². The van der Waals surface area contributed by atoms with Gasteiger partial charge in [0, 0.05) is 40.6 Å². The van der Waals surface area contributed by atoms with Crippen molar-refractivity contribution in [2.45, 2.75) is 6.61 Å². The van der Waals surface area contributed by atoms with Crippen LogP contribution in [0.3, 0.4) is 0 Å². The number of hydrogen-bond acceptors (Lipinski definition) is 4. The molecule has 2 aromatic rings. The molecule has 19 heavy (non-hydrogen) atoms. The summed E-state index contributed by atoms with van der Waals surface area (Å²) in [6, 6.07) is 7.39. The molecule has 0 bridgehead atoms. The molecular formula is C14H14BrNO3. The van der Waals surface area contributed by atoms with Gasteiger partial charge in [-0.05, 0) is 22.0 Å². The normalized spacial score (nSPS) is 10.1. The molecule has 0 radical (unpaired) electrons. The summed E-state index contributed by atoms with van der Waals surface area (Å²) in [5, 5.41) is 0. The van der Waals surface area contributed by atoms with Gasteiger partial charge in [0.15, 0.2) is 0 Å². The highest BCUT2D eigenvalue weighted by atomic mass is 79.9. The maximum Gasteiger partial charge on any atom is 0.127 e. The predicted octanol–water partition coefficient (Wildman–Crippen LogP) is 3.44. The fraction of sp³-hybridized carbons (Fsp3) is 0.214. The average Bonchev–Trinajstić information content (AvgIpc) is 2.44. The van der Waals surface area contributed by atoms with E-state index in [1.807, 2.05) is 18.2 Å². The maximum atomic E-state index is 5.71. The molecule has 0 aliphatic carbocycles. The van der Waals surface area contributed by atoms with E-state index in [1.54, 1.807) is 32.7 Å². The van der Waals surface area contributed by atoms with E-state index >= 15 is 0 Å². The number of methoxy groups -OCH3 is 2. The van der Waals surface area contributed by atoms with E-state index in [9.17, 15) is 0 Å². The molecule has 0 amide bonds. The molecule has 100 valence electrons. The summed E-state index contributed by atoms with van der Waals surface area (Å²) in [5.74, 6) is 2.08. The van der Waals surface area contributed by atoms with Crippen LogP contribution in [0.2, 0.25) is 0 Å². The molecule has 5 heteroatoms. The molecule has 0 unspecified atom stereocenters. The van der Waals surface area contributed by atoms with E-state index in [-0.39, 0.29) is 0 Å². The van der Waals surface area contributed by atoms with Gasteiger partial charge in [0.25, 0.3) is 0 Å². The number of nitrogens with zero attached hydrogens (tertiary/aromatic N) is 1. The molecule has 0 aliphatic heterocycles. The zero-order chi connectivity index (χ0) is 13.7. The topological polar surface area (TPSA) is 40.6 Å². The second-order valence-electron chi connectivity index (χ2n) is 3.85. The van der Waals surface area contributed by atoms with Crippen molar-refractivity contribution in [2.75, 3.05) is 14.2 Å². The number of halogens is 1. The average molecular weight is 324 g/mol. The molecule has 0 saturated carbocycles. The summed E-state index contributed by atoms with van der Waals surface area (Å²) in [4.78, 5) is 4.09. The SMILES string of the molecule is COc1cc(OC)cc(OCc2cncc(Br)c2)c1. The smallest absolute Gasteiger partial charge is 0.127 e. The number of rotatable bonds is 5. The first kappa shape index (κ1) is 13.7. The molecule has 0 fully saturated rings. The minimum Gasteiger partial charge on any atom is -0.496 e. The van der Waals surface area contributed by atoms with Crippen molar-refractivity contribution in [1.82, 2.24) is 4.98 Å². The summed E-state index contributed by atoms with van der Waals surface area (Å²) < 4.78 is 17.0. The third kappa shape index (κ3) is 3.86. The summed E-state index contributed by atoms with van der Waals surface area (Å²) in [5.41, 5.74) is 0.983. The van der Waals surface area contributed by atoms with Gasteiger partial charge in [-0.15, -0.1) is 0 Å². The van der Waals surface area contributed by atoms with Gasteiger partial charge >= 0.3 is 0 Å². The Morgan fingerprint density at radius 2 is 1.58 bits per heavy atom. The minimum atomic E-state index is 0.433. The number of ether oxygens (including phenoxy) is 3. The van der Waals surface area contributed by atoms with Crippen LogP contribution in [0.1, 0.15) is 5.56 Å². The number of benzene rings is 1. The Balaban J connectivity index is 2.10. The lowest BCUT2D eigenvalue weighted by atomic mass is 10.3. The molecule has 0 N–H and O–H groups in total.